The summed E-state index contributed by atoms with van der Waals surface area (Å²) >= 11 is 0. The second kappa shape index (κ2) is 7.47. The first-order valence-corrected chi connectivity index (χ1v) is 8.38. The Hall–Kier alpha value is -3.02. The number of methoxy groups -OCH3 is 1. The van der Waals surface area contributed by atoms with Gasteiger partial charge in [-0.1, -0.05) is 13.8 Å². The first-order chi connectivity index (χ1) is 12.5. The van der Waals surface area contributed by atoms with Gasteiger partial charge in [0.2, 0.25) is 6.79 Å². The van der Waals surface area contributed by atoms with Gasteiger partial charge < -0.3 is 19.5 Å². The van der Waals surface area contributed by atoms with Crippen molar-refractivity contribution in [2.45, 2.75) is 19.8 Å². The Morgan fingerprint density at radius 1 is 1.08 bits per heavy atom. The molecule has 2 aromatic carbocycles. The van der Waals surface area contributed by atoms with Crippen LogP contribution in [0.4, 0.5) is 0 Å². The molecule has 0 fully saturated rings. The molecule has 2 aromatic rings. The van der Waals surface area contributed by atoms with Gasteiger partial charge in [0.1, 0.15) is 5.75 Å². The molecule has 0 aromatic heterocycles. The second-order valence-electron chi connectivity index (χ2n) is 6.29. The lowest BCUT2D eigenvalue weighted by Gasteiger charge is -2.13. The summed E-state index contributed by atoms with van der Waals surface area (Å²) in [4.78, 5) is 24.7. The number of nitrogens with one attached hydrogen (secondary N) is 1. The van der Waals surface area contributed by atoms with Gasteiger partial charge in [0.15, 0.2) is 17.3 Å². The van der Waals surface area contributed by atoms with E-state index in [1.807, 2.05) is 19.9 Å². The third-order valence-corrected chi connectivity index (χ3v) is 4.22. The number of ketones is 1. The molecule has 1 N–H and O–H groups in total. The third-order valence-electron chi connectivity index (χ3n) is 4.22. The van der Waals surface area contributed by atoms with E-state index < -0.39 is 0 Å². The van der Waals surface area contributed by atoms with Crippen LogP contribution < -0.4 is 19.5 Å². The number of rotatable bonds is 6. The summed E-state index contributed by atoms with van der Waals surface area (Å²) in [6, 6.07) is 10.2. The molecule has 3 rings (SSSR count). The van der Waals surface area contributed by atoms with Crippen LogP contribution in [0.2, 0.25) is 0 Å². The number of benzene rings is 2. The van der Waals surface area contributed by atoms with Gasteiger partial charge in [0.25, 0.3) is 5.91 Å². The minimum absolute atomic E-state index is 0.0862. The summed E-state index contributed by atoms with van der Waals surface area (Å²) in [6.07, 6.45) is 0. The van der Waals surface area contributed by atoms with Crippen LogP contribution in [0.3, 0.4) is 0 Å². The highest BCUT2D eigenvalue weighted by Gasteiger charge is 2.17. The van der Waals surface area contributed by atoms with Gasteiger partial charge >= 0.3 is 0 Å². The van der Waals surface area contributed by atoms with Crippen molar-refractivity contribution in [3.05, 3.63) is 53.1 Å². The lowest BCUT2D eigenvalue weighted by Crippen LogP contribution is -2.29. The van der Waals surface area contributed by atoms with E-state index in [9.17, 15) is 9.59 Å². The van der Waals surface area contributed by atoms with Gasteiger partial charge in [-0.05, 0) is 47.9 Å². The average molecular weight is 355 g/mol. The molecule has 0 radical (unpaired) electrons. The molecule has 0 unspecified atom stereocenters. The molecule has 1 amide bonds. The number of Topliss-reactive ketones (excluding diaryl/α,β-unsaturated/α-hetero) is 1. The van der Waals surface area contributed by atoms with E-state index in [0.29, 0.717) is 22.6 Å². The van der Waals surface area contributed by atoms with Crippen molar-refractivity contribution in [3.63, 3.8) is 0 Å². The van der Waals surface area contributed by atoms with Crippen LogP contribution >= 0.6 is 0 Å². The summed E-state index contributed by atoms with van der Waals surface area (Å²) in [7, 11) is 1.61. The molecule has 6 nitrogen and oxygen atoms in total. The average Bonchev–Trinajstić information content (AvgIpc) is 3.12. The van der Waals surface area contributed by atoms with Gasteiger partial charge in [-0.3, -0.25) is 9.59 Å². The SMILES string of the molecule is COc1ccc(C(=O)CNC(=O)c2ccc3c(c2)OCO3)cc1C(C)C. The number of fused-ring (bicyclic) bond motifs is 1. The Morgan fingerprint density at radius 2 is 1.81 bits per heavy atom. The standard InChI is InChI=1S/C20H21NO5/c1-12(2)15-8-13(4-6-17(15)24-3)16(22)10-21-20(23)14-5-7-18-19(9-14)26-11-25-18/h4-9,12H,10-11H2,1-3H3,(H,21,23). The molecule has 136 valence electrons. The molecule has 6 heteroatoms. The molecule has 0 aliphatic carbocycles. The maximum Gasteiger partial charge on any atom is 0.251 e. The third kappa shape index (κ3) is 3.64. The molecule has 0 spiro atoms. The molecular formula is C20H21NO5. The van der Waals surface area contributed by atoms with Crippen molar-refractivity contribution in [1.82, 2.24) is 5.32 Å². The highest BCUT2D eigenvalue weighted by Crippen LogP contribution is 2.32. The number of hydrogen-bond donors (Lipinski definition) is 1. The van der Waals surface area contributed by atoms with Crippen molar-refractivity contribution in [1.29, 1.82) is 0 Å². The lowest BCUT2D eigenvalue weighted by molar-refractivity contribution is 0.0904. The van der Waals surface area contributed by atoms with E-state index in [4.69, 9.17) is 14.2 Å². The molecule has 0 atom stereocenters. The zero-order valence-electron chi connectivity index (χ0n) is 15.0. The summed E-state index contributed by atoms with van der Waals surface area (Å²) in [6.45, 7) is 4.13. The number of ether oxygens (including phenoxy) is 3. The normalized spacial score (nSPS) is 12.2. The Balaban J connectivity index is 1.67. The highest BCUT2D eigenvalue weighted by atomic mass is 16.7. The van der Waals surface area contributed by atoms with Crippen LogP contribution in [0.15, 0.2) is 36.4 Å². The Kier molecular flexibility index (Phi) is 5.11. The molecule has 0 saturated heterocycles. The predicted octanol–water partition coefficient (Wildman–Crippen LogP) is 3.16. The van der Waals surface area contributed by atoms with Crippen LogP contribution in [-0.4, -0.2) is 32.1 Å². The molecular weight excluding hydrogens is 334 g/mol. The minimum Gasteiger partial charge on any atom is -0.496 e. The van der Waals surface area contributed by atoms with Gasteiger partial charge in [-0.15, -0.1) is 0 Å². The fraction of sp³-hybridized carbons (Fsp3) is 0.300. The monoisotopic (exact) mass is 355 g/mol. The maximum atomic E-state index is 12.4. The van der Waals surface area contributed by atoms with Gasteiger partial charge in [0.05, 0.1) is 13.7 Å². The Bertz CT molecular complexity index is 844. The van der Waals surface area contributed by atoms with Crippen LogP contribution in [0.25, 0.3) is 0 Å². The molecule has 26 heavy (non-hydrogen) atoms. The van der Waals surface area contributed by atoms with Gasteiger partial charge in [-0.2, -0.15) is 0 Å². The molecule has 1 aliphatic heterocycles. The minimum atomic E-state index is -0.339. The number of carbonyl (C=O) groups is 2. The predicted molar refractivity (Wildman–Crippen MR) is 96.3 cm³/mol. The van der Waals surface area contributed by atoms with E-state index in [2.05, 4.69) is 5.32 Å². The molecule has 0 bridgehead atoms. The van der Waals surface area contributed by atoms with Gasteiger partial charge in [-0.25, -0.2) is 0 Å². The van der Waals surface area contributed by atoms with E-state index in [-0.39, 0.29) is 30.9 Å². The number of carbonyl (C=O) groups excluding carboxylic acids is 2. The van der Waals surface area contributed by atoms with Gasteiger partial charge in [0, 0.05) is 11.1 Å². The van der Waals surface area contributed by atoms with E-state index in [0.717, 1.165) is 11.3 Å². The second-order valence-corrected chi connectivity index (χ2v) is 6.29. The van der Waals surface area contributed by atoms with E-state index >= 15 is 0 Å². The maximum absolute atomic E-state index is 12.4. The zero-order valence-corrected chi connectivity index (χ0v) is 15.0. The molecule has 1 aliphatic rings. The molecule has 1 heterocycles. The fourth-order valence-corrected chi connectivity index (χ4v) is 2.76. The largest absolute Gasteiger partial charge is 0.496 e. The van der Waals surface area contributed by atoms with Crippen LogP contribution in [0.1, 0.15) is 46.0 Å². The first-order valence-electron chi connectivity index (χ1n) is 8.38. The van der Waals surface area contributed by atoms with Crippen molar-refractivity contribution in [2.24, 2.45) is 0 Å². The highest BCUT2D eigenvalue weighted by molar-refractivity contribution is 6.02. The Labute approximate surface area is 152 Å². The van der Waals surface area contributed by atoms with Crippen LogP contribution in [0.5, 0.6) is 17.2 Å². The Morgan fingerprint density at radius 3 is 2.54 bits per heavy atom. The van der Waals surface area contributed by atoms with Crippen molar-refractivity contribution in [3.8, 4) is 17.2 Å². The van der Waals surface area contributed by atoms with Crippen molar-refractivity contribution in [2.75, 3.05) is 20.4 Å². The van der Waals surface area contributed by atoms with E-state index in [1.165, 1.54) is 0 Å². The van der Waals surface area contributed by atoms with Crippen LogP contribution in [0, 0.1) is 0 Å². The molecule has 0 saturated carbocycles. The van der Waals surface area contributed by atoms with Crippen LogP contribution in [-0.2, 0) is 0 Å². The first kappa shape index (κ1) is 17.8. The summed E-state index contributed by atoms with van der Waals surface area (Å²) in [5, 5.41) is 2.65. The summed E-state index contributed by atoms with van der Waals surface area (Å²) < 4.78 is 15.8. The van der Waals surface area contributed by atoms with Crippen molar-refractivity contribution >= 4 is 11.7 Å². The smallest absolute Gasteiger partial charge is 0.251 e. The quantitative estimate of drug-likeness (QED) is 0.806. The van der Waals surface area contributed by atoms with E-state index in [1.54, 1.807) is 37.4 Å². The summed E-state index contributed by atoms with van der Waals surface area (Å²) in [5.74, 6) is 1.61. The van der Waals surface area contributed by atoms with Crippen molar-refractivity contribution < 1.29 is 23.8 Å². The number of hydrogen-bond acceptors (Lipinski definition) is 5. The number of amides is 1. The lowest BCUT2D eigenvalue weighted by atomic mass is 9.98. The summed E-state index contributed by atoms with van der Waals surface area (Å²) in [5.41, 5.74) is 1.92. The topological polar surface area (TPSA) is 73.9 Å². The zero-order chi connectivity index (χ0) is 18.7. The fourth-order valence-electron chi connectivity index (χ4n) is 2.76.